The first-order valence-corrected chi connectivity index (χ1v) is 6.55. The lowest BCUT2D eigenvalue weighted by Crippen LogP contribution is -2.04. The Morgan fingerprint density at radius 2 is 2.18 bits per heavy atom. The third kappa shape index (κ3) is 4.17. The molecule has 0 amide bonds. The summed E-state index contributed by atoms with van der Waals surface area (Å²) in [6, 6.07) is 5.87. The van der Waals surface area contributed by atoms with E-state index in [1.807, 2.05) is 18.2 Å². The molecule has 0 atom stereocenters. The van der Waals surface area contributed by atoms with Crippen molar-refractivity contribution in [2.45, 2.75) is 32.6 Å². The van der Waals surface area contributed by atoms with Crippen LogP contribution in [0.1, 0.15) is 32.6 Å². The van der Waals surface area contributed by atoms with E-state index in [2.05, 4.69) is 12.2 Å². The summed E-state index contributed by atoms with van der Waals surface area (Å²) in [7, 11) is 0. The molecule has 1 fully saturated rings. The maximum atomic E-state index is 5.86. The molecule has 17 heavy (non-hydrogen) atoms. The minimum Gasteiger partial charge on any atom is -0.493 e. The highest BCUT2D eigenvalue weighted by Crippen LogP contribution is 2.32. The fourth-order valence-corrected chi connectivity index (χ4v) is 1.85. The Balaban J connectivity index is 1.87. The Bertz CT molecular complexity index is 361. The summed E-state index contributed by atoms with van der Waals surface area (Å²) in [5.74, 6) is 1.82. The molecule has 0 saturated heterocycles. The predicted octanol–water partition coefficient (Wildman–Crippen LogP) is 3.27. The molecule has 94 valence electrons. The molecule has 3 nitrogen and oxygen atoms in total. The van der Waals surface area contributed by atoms with Gasteiger partial charge in [0.25, 0.3) is 0 Å². The highest BCUT2D eigenvalue weighted by atomic mass is 16.5. The van der Waals surface area contributed by atoms with Gasteiger partial charge < -0.3 is 15.8 Å². The van der Waals surface area contributed by atoms with Gasteiger partial charge in [0.2, 0.25) is 0 Å². The van der Waals surface area contributed by atoms with Gasteiger partial charge in [-0.1, -0.05) is 19.8 Å². The average molecular weight is 234 g/mol. The molecule has 1 aromatic carbocycles. The Kier molecular flexibility index (Phi) is 4.13. The van der Waals surface area contributed by atoms with Gasteiger partial charge >= 0.3 is 0 Å². The van der Waals surface area contributed by atoms with E-state index in [1.54, 1.807) is 0 Å². The third-order valence-corrected chi connectivity index (χ3v) is 2.98. The van der Waals surface area contributed by atoms with E-state index in [1.165, 1.54) is 19.3 Å². The van der Waals surface area contributed by atoms with Crippen LogP contribution in [0, 0.1) is 5.92 Å². The van der Waals surface area contributed by atoms with Crippen LogP contribution in [0.5, 0.6) is 5.75 Å². The number of ether oxygens (including phenoxy) is 1. The van der Waals surface area contributed by atoms with Gasteiger partial charge in [0.05, 0.1) is 6.61 Å². The van der Waals surface area contributed by atoms with Crippen LogP contribution in [0.2, 0.25) is 0 Å². The molecule has 0 aliphatic heterocycles. The van der Waals surface area contributed by atoms with Crippen molar-refractivity contribution in [3.05, 3.63) is 18.2 Å². The number of nitrogen functional groups attached to an aromatic ring is 1. The summed E-state index contributed by atoms with van der Waals surface area (Å²) in [5.41, 5.74) is 7.68. The molecule has 3 heteroatoms. The quantitative estimate of drug-likeness (QED) is 0.712. The minimum atomic E-state index is 0.741. The molecule has 2 rings (SSSR count). The van der Waals surface area contributed by atoms with Crippen molar-refractivity contribution < 1.29 is 4.74 Å². The Labute approximate surface area is 103 Å². The monoisotopic (exact) mass is 234 g/mol. The lowest BCUT2D eigenvalue weighted by Gasteiger charge is -2.10. The molecule has 0 unspecified atom stereocenters. The van der Waals surface area contributed by atoms with Crippen LogP contribution in [0.3, 0.4) is 0 Å². The second-order valence-corrected chi connectivity index (χ2v) is 4.80. The molecule has 0 heterocycles. The first kappa shape index (κ1) is 12.1. The van der Waals surface area contributed by atoms with E-state index in [0.29, 0.717) is 0 Å². The third-order valence-electron chi connectivity index (χ3n) is 2.98. The molecule has 0 radical (unpaired) electrons. The molecular formula is C14H22N2O. The number of nitrogens with one attached hydrogen (secondary N) is 1. The highest BCUT2D eigenvalue weighted by Gasteiger charge is 2.20. The highest BCUT2D eigenvalue weighted by molar-refractivity contribution is 5.59. The van der Waals surface area contributed by atoms with Crippen LogP contribution in [0.4, 0.5) is 11.4 Å². The number of nitrogens with two attached hydrogens (primary N) is 1. The summed E-state index contributed by atoms with van der Waals surface area (Å²) in [4.78, 5) is 0. The van der Waals surface area contributed by atoms with E-state index in [9.17, 15) is 0 Å². The molecule has 1 aliphatic rings. The van der Waals surface area contributed by atoms with Crippen molar-refractivity contribution in [2.24, 2.45) is 5.92 Å². The lowest BCUT2D eigenvalue weighted by atomic mass is 10.2. The number of hydrogen-bond donors (Lipinski definition) is 2. The van der Waals surface area contributed by atoms with Crippen LogP contribution >= 0.6 is 0 Å². The van der Waals surface area contributed by atoms with E-state index >= 15 is 0 Å². The zero-order chi connectivity index (χ0) is 12.1. The smallest absolute Gasteiger partial charge is 0.123 e. The van der Waals surface area contributed by atoms with Gasteiger partial charge in [-0.3, -0.25) is 0 Å². The van der Waals surface area contributed by atoms with E-state index < -0.39 is 0 Å². The first-order chi connectivity index (χ1) is 8.28. The summed E-state index contributed by atoms with van der Waals surface area (Å²) in [6.07, 6.45) is 5.09. The van der Waals surface area contributed by atoms with Crippen molar-refractivity contribution in [3.63, 3.8) is 0 Å². The van der Waals surface area contributed by atoms with Crippen molar-refractivity contribution >= 4 is 11.4 Å². The van der Waals surface area contributed by atoms with Crippen LogP contribution in [-0.4, -0.2) is 13.2 Å². The molecule has 3 N–H and O–H groups in total. The van der Waals surface area contributed by atoms with Gasteiger partial charge in [-0.2, -0.15) is 0 Å². The fraction of sp³-hybridized carbons (Fsp3) is 0.571. The number of rotatable bonds is 7. The van der Waals surface area contributed by atoms with Gasteiger partial charge in [-0.25, -0.2) is 0 Å². The molecule has 0 spiro atoms. The van der Waals surface area contributed by atoms with Gasteiger partial charge in [0.15, 0.2) is 0 Å². The molecule has 0 aromatic heterocycles. The zero-order valence-electron chi connectivity index (χ0n) is 10.5. The van der Waals surface area contributed by atoms with Crippen molar-refractivity contribution in [3.8, 4) is 5.75 Å². The van der Waals surface area contributed by atoms with Crippen molar-refractivity contribution in [1.29, 1.82) is 0 Å². The van der Waals surface area contributed by atoms with Gasteiger partial charge in [-0.05, 0) is 24.8 Å². The number of benzene rings is 1. The lowest BCUT2D eigenvalue weighted by molar-refractivity contribution is 0.318. The largest absolute Gasteiger partial charge is 0.493 e. The van der Waals surface area contributed by atoms with Gasteiger partial charge in [0, 0.05) is 30.1 Å². The Hall–Kier alpha value is -1.38. The summed E-state index contributed by atoms with van der Waals surface area (Å²) in [5, 5.41) is 3.41. The standard InChI is InChI=1S/C14H22N2O/c1-2-7-17-14-9-12(15)8-13(10-14)16-6-5-11-3-4-11/h8-11,16H,2-7,15H2,1H3. The maximum Gasteiger partial charge on any atom is 0.123 e. The van der Waals surface area contributed by atoms with Crippen LogP contribution in [0.15, 0.2) is 18.2 Å². The molecule has 1 aromatic rings. The van der Waals surface area contributed by atoms with Gasteiger partial charge in [0.1, 0.15) is 5.75 Å². The van der Waals surface area contributed by atoms with E-state index in [-0.39, 0.29) is 0 Å². The predicted molar refractivity (Wildman–Crippen MR) is 72.5 cm³/mol. The molecule has 1 aliphatic carbocycles. The van der Waals surface area contributed by atoms with E-state index in [4.69, 9.17) is 10.5 Å². The second-order valence-electron chi connectivity index (χ2n) is 4.80. The summed E-state index contributed by atoms with van der Waals surface area (Å²) in [6.45, 7) is 3.87. The zero-order valence-corrected chi connectivity index (χ0v) is 10.5. The molecule has 0 bridgehead atoms. The Morgan fingerprint density at radius 1 is 1.35 bits per heavy atom. The molecule has 1 saturated carbocycles. The fourth-order valence-electron chi connectivity index (χ4n) is 1.85. The van der Waals surface area contributed by atoms with Gasteiger partial charge in [-0.15, -0.1) is 0 Å². The topological polar surface area (TPSA) is 47.3 Å². The summed E-state index contributed by atoms with van der Waals surface area (Å²) < 4.78 is 5.60. The maximum absolute atomic E-state index is 5.86. The number of anilines is 2. The normalized spacial score (nSPS) is 14.6. The first-order valence-electron chi connectivity index (χ1n) is 6.55. The van der Waals surface area contributed by atoms with E-state index in [0.717, 1.165) is 42.6 Å². The SMILES string of the molecule is CCCOc1cc(N)cc(NCCC2CC2)c1. The average Bonchev–Trinajstić information content (AvgIpc) is 3.10. The Morgan fingerprint density at radius 3 is 2.88 bits per heavy atom. The summed E-state index contributed by atoms with van der Waals surface area (Å²) >= 11 is 0. The minimum absolute atomic E-state index is 0.741. The van der Waals surface area contributed by atoms with Crippen molar-refractivity contribution in [1.82, 2.24) is 0 Å². The van der Waals surface area contributed by atoms with Crippen LogP contribution in [0.25, 0.3) is 0 Å². The van der Waals surface area contributed by atoms with Crippen molar-refractivity contribution in [2.75, 3.05) is 24.2 Å². The molecular weight excluding hydrogens is 212 g/mol. The van der Waals surface area contributed by atoms with Crippen LogP contribution < -0.4 is 15.8 Å². The van der Waals surface area contributed by atoms with Crippen LogP contribution in [-0.2, 0) is 0 Å². The second kappa shape index (κ2) is 5.80. The number of hydrogen-bond acceptors (Lipinski definition) is 3.